The van der Waals surface area contributed by atoms with Gasteiger partial charge < -0.3 is 10.2 Å². The number of nitrogens with one attached hydrogen (secondary N) is 1. The lowest BCUT2D eigenvalue weighted by atomic mass is 10.1. The van der Waals surface area contributed by atoms with E-state index in [1.54, 1.807) is 30.3 Å². The molecule has 0 unspecified atom stereocenters. The highest BCUT2D eigenvalue weighted by Gasteiger charge is 2.22. The Kier molecular flexibility index (Phi) is 5.92. The van der Waals surface area contributed by atoms with Crippen molar-refractivity contribution in [2.45, 2.75) is 24.3 Å². The summed E-state index contributed by atoms with van der Waals surface area (Å²) in [4.78, 5) is 15.0. The summed E-state index contributed by atoms with van der Waals surface area (Å²) in [5, 5.41) is 15.5. The van der Waals surface area contributed by atoms with Gasteiger partial charge >= 0.3 is 0 Å². The molecule has 4 rings (SSSR count). The SMILES string of the molecule is CS(=O)(=O)c1ccc(-n2nnnc2CNc2ccc(Cl)cc2C(=O)N2CCCC2)cc1. The normalized spacial score (nSPS) is 14.1. The molecule has 31 heavy (non-hydrogen) atoms. The molecule has 0 aliphatic carbocycles. The number of halogens is 1. The molecular formula is C20H21ClN6O3S. The number of tetrazole rings is 1. The van der Waals surface area contributed by atoms with E-state index in [0.717, 1.165) is 32.2 Å². The van der Waals surface area contributed by atoms with Crippen LogP contribution in [0.5, 0.6) is 0 Å². The van der Waals surface area contributed by atoms with Crippen LogP contribution in [-0.2, 0) is 16.4 Å². The van der Waals surface area contributed by atoms with Crippen LogP contribution in [0, 0.1) is 0 Å². The van der Waals surface area contributed by atoms with Gasteiger partial charge in [0, 0.05) is 30.1 Å². The molecule has 0 saturated carbocycles. The number of anilines is 1. The Balaban J connectivity index is 1.55. The fourth-order valence-electron chi connectivity index (χ4n) is 3.46. The van der Waals surface area contributed by atoms with E-state index in [1.165, 1.54) is 16.8 Å². The minimum absolute atomic E-state index is 0.0570. The third kappa shape index (κ3) is 4.70. The first-order chi connectivity index (χ1) is 14.8. The summed E-state index contributed by atoms with van der Waals surface area (Å²) >= 11 is 6.14. The molecular weight excluding hydrogens is 440 g/mol. The minimum atomic E-state index is -3.29. The van der Waals surface area contributed by atoms with Gasteiger partial charge in [0.2, 0.25) is 0 Å². The van der Waals surface area contributed by atoms with Crippen molar-refractivity contribution in [2.24, 2.45) is 0 Å². The second-order valence-electron chi connectivity index (χ2n) is 7.32. The van der Waals surface area contributed by atoms with Crippen LogP contribution in [0.15, 0.2) is 47.4 Å². The van der Waals surface area contributed by atoms with Crippen LogP contribution in [0.1, 0.15) is 29.0 Å². The van der Waals surface area contributed by atoms with Crippen molar-refractivity contribution in [3.63, 3.8) is 0 Å². The van der Waals surface area contributed by atoms with Gasteiger partial charge in [0.05, 0.1) is 22.7 Å². The van der Waals surface area contributed by atoms with Gasteiger partial charge in [-0.15, -0.1) is 5.10 Å². The summed E-state index contributed by atoms with van der Waals surface area (Å²) in [6, 6.07) is 11.4. The molecule has 1 saturated heterocycles. The van der Waals surface area contributed by atoms with E-state index in [-0.39, 0.29) is 17.3 Å². The van der Waals surface area contributed by atoms with Crippen molar-refractivity contribution in [3.8, 4) is 5.69 Å². The zero-order valence-corrected chi connectivity index (χ0v) is 18.4. The number of benzene rings is 2. The van der Waals surface area contributed by atoms with Gasteiger partial charge in [-0.3, -0.25) is 4.79 Å². The Morgan fingerprint density at radius 2 is 1.84 bits per heavy atom. The highest BCUT2D eigenvalue weighted by atomic mass is 35.5. The number of amides is 1. The van der Waals surface area contributed by atoms with Gasteiger partial charge in [0.15, 0.2) is 15.7 Å². The maximum atomic E-state index is 12.9. The van der Waals surface area contributed by atoms with E-state index in [1.807, 2.05) is 4.90 Å². The number of aromatic nitrogens is 4. The van der Waals surface area contributed by atoms with Crippen LogP contribution >= 0.6 is 11.6 Å². The molecule has 2 aromatic carbocycles. The van der Waals surface area contributed by atoms with Crippen molar-refractivity contribution < 1.29 is 13.2 Å². The second kappa shape index (κ2) is 8.64. The Morgan fingerprint density at radius 1 is 1.13 bits per heavy atom. The maximum Gasteiger partial charge on any atom is 0.256 e. The van der Waals surface area contributed by atoms with Crippen LogP contribution in [0.4, 0.5) is 5.69 Å². The fraction of sp³-hybridized carbons (Fsp3) is 0.300. The van der Waals surface area contributed by atoms with Crippen molar-refractivity contribution >= 4 is 33.0 Å². The molecule has 1 fully saturated rings. The quantitative estimate of drug-likeness (QED) is 0.601. The monoisotopic (exact) mass is 460 g/mol. The Bertz CT molecular complexity index is 1200. The Hall–Kier alpha value is -2.98. The first-order valence-corrected chi connectivity index (χ1v) is 12.0. The number of hydrogen-bond acceptors (Lipinski definition) is 7. The van der Waals surface area contributed by atoms with E-state index in [9.17, 15) is 13.2 Å². The average molecular weight is 461 g/mol. The zero-order chi connectivity index (χ0) is 22.0. The topological polar surface area (TPSA) is 110 Å². The summed E-state index contributed by atoms with van der Waals surface area (Å²) in [5.41, 5.74) is 1.77. The third-order valence-corrected chi connectivity index (χ3v) is 6.45. The van der Waals surface area contributed by atoms with Crippen molar-refractivity contribution in [3.05, 3.63) is 58.9 Å². The zero-order valence-electron chi connectivity index (χ0n) is 16.8. The molecule has 1 N–H and O–H groups in total. The molecule has 162 valence electrons. The van der Waals surface area contributed by atoms with E-state index in [4.69, 9.17) is 11.6 Å². The van der Waals surface area contributed by atoms with Gasteiger partial charge in [-0.25, -0.2) is 8.42 Å². The molecule has 0 spiro atoms. The maximum absolute atomic E-state index is 12.9. The van der Waals surface area contributed by atoms with Crippen LogP contribution in [0.3, 0.4) is 0 Å². The number of carbonyl (C=O) groups is 1. The van der Waals surface area contributed by atoms with E-state index >= 15 is 0 Å². The first kappa shape index (κ1) is 21.3. The summed E-state index contributed by atoms with van der Waals surface area (Å²) in [6.07, 6.45) is 3.16. The standard InChI is InChI=1S/C20H21ClN6O3S/c1-31(29,30)16-7-5-15(6-8-16)27-19(23-24-25-27)13-22-18-9-4-14(21)12-17(18)20(28)26-10-2-3-11-26/h4-9,12,22H,2-3,10-11,13H2,1H3. The third-order valence-electron chi connectivity index (χ3n) is 5.09. The summed E-state index contributed by atoms with van der Waals surface area (Å²) in [7, 11) is -3.29. The molecule has 2 heterocycles. The minimum Gasteiger partial charge on any atom is -0.377 e. The number of likely N-dealkylation sites (tertiary alicyclic amines) is 1. The largest absolute Gasteiger partial charge is 0.377 e. The smallest absolute Gasteiger partial charge is 0.256 e. The van der Waals surface area contributed by atoms with E-state index in [0.29, 0.717) is 27.8 Å². The Labute approximate surface area is 184 Å². The van der Waals surface area contributed by atoms with E-state index in [2.05, 4.69) is 20.8 Å². The molecule has 0 radical (unpaired) electrons. The summed E-state index contributed by atoms with van der Waals surface area (Å²) in [6.45, 7) is 1.74. The lowest BCUT2D eigenvalue weighted by molar-refractivity contribution is 0.0793. The van der Waals surface area contributed by atoms with Crippen LogP contribution in [0.25, 0.3) is 5.69 Å². The highest BCUT2D eigenvalue weighted by molar-refractivity contribution is 7.90. The fourth-order valence-corrected chi connectivity index (χ4v) is 4.27. The average Bonchev–Trinajstić information content (AvgIpc) is 3.44. The Morgan fingerprint density at radius 3 is 2.52 bits per heavy atom. The molecule has 1 aromatic heterocycles. The number of carbonyl (C=O) groups excluding carboxylic acids is 1. The van der Waals surface area contributed by atoms with Gasteiger partial charge in [0.25, 0.3) is 5.91 Å². The second-order valence-corrected chi connectivity index (χ2v) is 9.77. The highest BCUT2D eigenvalue weighted by Crippen LogP contribution is 2.24. The lowest BCUT2D eigenvalue weighted by Gasteiger charge is -2.18. The molecule has 0 atom stereocenters. The van der Waals surface area contributed by atoms with Crippen molar-refractivity contribution in [1.82, 2.24) is 25.1 Å². The predicted molar refractivity (Wildman–Crippen MR) is 116 cm³/mol. The molecule has 3 aromatic rings. The number of rotatable bonds is 6. The van der Waals surface area contributed by atoms with Gasteiger partial charge in [-0.1, -0.05) is 11.6 Å². The van der Waals surface area contributed by atoms with E-state index < -0.39 is 9.84 Å². The van der Waals surface area contributed by atoms with Gasteiger partial charge in [-0.2, -0.15) is 4.68 Å². The molecule has 1 aliphatic heterocycles. The molecule has 9 nitrogen and oxygen atoms in total. The number of hydrogen-bond donors (Lipinski definition) is 1. The predicted octanol–water partition coefficient (Wildman–Crippen LogP) is 2.57. The van der Waals surface area contributed by atoms with Crippen molar-refractivity contribution in [1.29, 1.82) is 0 Å². The van der Waals surface area contributed by atoms with Crippen molar-refractivity contribution in [2.75, 3.05) is 24.7 Å². The first-order valence-electron chi connectivity index (χ1n) is 9.73. The summed E-state index contributed by atoms with van der Waals surface area (Å²) in [5.74, 6) is 0.445. The molecule has 1 amide bonds. The van der Waals surface area contributed by atoms with Crippen LogP contribution < -0.4 is 5.32 Å². The molecule has 1 aliphatic rings. The van der Waals surface area contributed by atoms with Crippen LogP contribution in [-0.4, -0.2) is 58.8 Å². The summed E-state index contributed by atoms with van der Waals surface area (Å²) < 4.78 is 24.8. The molecule has 0 bridgehead atoms. The molecule has 11 heteroatoms. The van der Waals surface area contributed by atoms with Gasteiger partial charge in [0.1, 0.15) is 0 Å². The number of sulfone groups is 1. The van der Waals surface area contributed by atoms with Gasteiger partial charge in [-0.05, 0) is 65.7 Å². The van der Waals surface area contributed by atoms with Crippen LogP contribution in [0.2, 0.25) is 5.02 Å². The number of nitrogens with zero attached hydrogens (tertiary/aromatic N) is 5. The lowest BCUT2D eigenvalue weighted by Crippen LogP contribution is -2.28.